The van der Waals surface area contributed by atoms with Gasteiger partial charge in [-0.3, -0.25) is 0 Å². The first-order valence-corrected chi connectivity index (χ1v) is 11.5. The predicted octanol–water partition coefficient (Wildman–Crippen LogP) is 3.79. The van der Waals surface area contributed by atoms with E-state index >= 15 is 0 Å². The number of benzene rings is 1. The molecule has 0 bridgehead atoms. The van der Waals surface area contributed by atoms with Crippen LogP contribution in [0, 0.1) is 11.3 Å². The predicted molar refractivity (Wildman–Crippen MR) is 124 cm³/mol. The van der Waals surface area contributed by atoms with Gasteiger partial charge in [0.05, 0.1) is 30.4 Å². The minimum absolute atomic E-state index is 0.129. The van der Waals surface area contributed by atoms with Crippen molar-refractivity contribution in [2.24, 2.45) is 11.3 Å². The van der Waals surface area contributed by atoms with Gasteiger partial charge in [0, 0.05) is 28.0 Å². The van der Waals surface area contributed by atoms with E-state index < -0.39 is 0 Å². The van der Waals surface area contributed by atoms with Gasteiger partial charge in [-0.2, -0.15) is 4.98 Å². The molecule has 2 saturated carbocycles. The lowest BCUT2D eigenvalue weighted by Crippen LogP contribution is -2.28. The molecule has 0 unspecified atom stereocenters. The number of hydrogen-bond donors (Lipinski definition) is 3. The van der Waals surface area contributed by atoms with Crippen molar-refractivity contribution in [3.63, 3.8) is 0 Å². The summed E-state index contributed by atoms with van der Waals surface area (Å²) in [6, 6.07) is 6.48. The van der Waals surface area contributed by atoms with E-state index in [0.717, 1.165) is 46.9 Å². The molecule has 8 nitrogen and oxygen atoms in total. The molecule has 3 aromatic rings. The Labute approximate surface area is 189 Å². The van der Waals surface area contributed by atoms with Crippen LogP contribution in [0.15, 0.2) is 47.7 Å². The number of fused-ring (bicyclic) bond motifs is 1. The highest BCUT2D eigenvalue weighted by Gasteiger charge is 2.51. The number of nitrogens with one attached hydrogen (secondary N) is 2. The first-order chi connectivity index (χ1) is 15.1. The van der Waals surface area contributed by atoms with Gasteiger partial charge in [0.2, 0.25) is 5.95 Å². The third-order valence-corrected chi connectivity index (χ3v) is 7.18. The van der Waals surface area contributed by atoms with Gasteiger partial charge in [-0.15, -0.1) is 11.7 Å². The standard InChI is InChI=1S/C22H26BrN7O/c1-2-14-11-22(14,13-31)12-24-21-27-17-7-6-15(23)10-16(17)20(28-21)26-18-4-3-5-19(18)30-9-8-25-29-30/h2,6-10,14,18-19,31H,1,3-5,11-13H2,(H2,24,26,27,28)/t14-,18+,19-,22-/m0/s1. The van der Waals surface area contributed by atoms with Crippen LogP contribution in [0.25, 0.3) is 10.9 Å². The SMILES string of the molecule is C=C[C@H]1C[C@@]1(CO)CNc1nc(N[C@@H]2CCC[C@@H]2n2ccnn2)c2cc(Br)ccc2n1. The van der Waals surface area contributed by atoms with Crippen molar-refractivity contribution in [1.82, 2.24) is 25.0 Å². The molecule has 2 aliphatic rings. The molecule has 0 aliphatic heterocycles. The molecule has 2 aliphatic carbocycles. The zero-order valence-corrected chi connectivity index (χ0v) is 18.8. The van der Waals surface area contributed by atoms with E-state index in [1.54, 1.807) is 6.20 Å². The van der Waals surface area contributed by atoms with Crippen molar-refractivity contribution < 1.29 is 5.11 Å². The number of allylic oxidation sites excluding steroid dienone is 1. The van der Waals surface area contributed by atoms with E-state index in [4.69, 9.17) is 9.97 Å². The van der Waals surface area contributed by atoms with Gasteiger partial charge in [-0.25, -0.2) is 9.67 Å². The Bertz CT molecular complexity index is 1090. The van der Waals surface area contributed by atoms with Gasteiger partial charge in [-0.1, -0.05) is 27.2 Å². The summed E-state index contributed by atoms with van der Waals surface area (Å²) in [5, 5.41) is 26.0. The maximum absolute atomic E-state index is 9.84. The molecular formula is C22H26BrN7O. The third kappa shape index (κ3) is 3.92. The second-order valence-corrected chi connectivity index (χ2v) is 9.53. The van der Waals surface area contributed by atoms with Gasteiger partial charge >= 0.3 is 0 Å². The quantitative estimate of drug-likeness (QED) is 0.419. The monoisotopic (exact) mass is 483 g/mol. The summed E-state index contributed by atoms with van der Waals surface area (Å²) < 4.78 is 2.93. The zero-order valence-electron chi connectivity index (χ0n) is 17.2. The number of halogens is 1. The van der Waals surface area contributed by atoms with E-state index in [1.807, 2.05) is 35.2 Å². The summed E-state index contributed by atoms with van der Waals surface area (Å²) >= 11 is 3.57. The summed E-state index contributed by atoms with van der Waals surface area (Å²) in [6.45, 7) is 4.62. The summed E-state index contributed by atoms with van der Waals surface area (Å²) in [7, 11) is 0. The first kappa shape index (κ1) is 20.4. The fraction of sp³-hybridized carbons (Fsp3) is 0.455. The van der Waals surface area contributed by atoms with Crippen LogP contribution >= 0.6 is 15.9 Å². The summed E-state index contributed by atoms with van der Waals surface area (Å²) in [6.07, 6.45) is 9.73. The lowest BCUT2D eigenvalue weighted by atomic mass is 10.1. The Morgan fingerprint density at radius 3 is 2.97 bits per heavy atom. The molecule has 3 N–H and O–H groups in total. The molecule has 9 heteroatoms. The van der Waals surface area contributed by atoms with Crippen molar-refractivity contribution in [3.8, 4) is 0 Å². The Kier molecular flexibility index (Phi) is 5.39. The van der Waals surface area contributed by atoms with Gasteiger partial charge in [0.15, 0.2) is 0 Å². The van der Waals surface area contributed by atoms with Crippen LogP contribution in [-0.4, -0.2) is 49.3 Å². The van der Waals surface area contributed by atoms with Crippen LogP contribution in [0.4, 0.5) is 11.8 Å². The lowest BCUT2D eigenvalue weighted by Gasteiger charge is -2.23. The van der Waals surface area contributed by atoms with E-state index in [-0.39, 0.29) is 24.1 Å². The number of rotatable bonds is 8. The molecule has 0 amide bonds. The van der Waals surface area contributed by atoms with Gasteiger partial charge in [0.1, 0.15) is 5.82 Å². The largest absolute Gasteiger partial charge is 0.396 e. The van der Waals surface area contributed by atoms with Crippen LogP contribution in [0.3, 0.4) is 0 Å². The molecule has 0 spiro atoms. The van der Waals surface area contributed by atoms with Crippen molar-refractivity contribution >= 4 is 38.6 Å². The second kappa shape index (κ2) is 8.20. The van der Waals surface area contributed by atoms with Crippen LogP contribution < -0.4 is 10.6 Å². The molecule has 162 valence electrons. The lowest BCUT2D eigenvalue weighted by molar-refractivity contribution is 0.212. The molecule has 2 fully saturated rings. The summed E-state index contributed by atoms with van der Waals surface area (Å²) in [5.74, 6) is 1.70. The van der Waals surface area contributed by atoms with E-state index in [1.165, 1.54) is 0 Å². The van der Waals surface area contributed by atoms with Crippen molar-refractivity contribution in [1.29, 1.82) is 0 Å². The van der Waals surface area contributed by atoms with E-state index in [2.05, 4.69) is 43.5 Å². The number of aromatic nitrogens is 5. The molecule has 2 heterocycles. The molecule has 0 saturated heterocycles. The summed E-state index contributed by atoms with van der Waals surface area (Å²) in [5.41, 5.74) is 0.712. The maximum atomic E-state index is 9.84. The van der Waals surface area contributed by atoms with Gasteiger partial charge in [-0.05, 0) is 49.8 Å². The zero-order chi connectivity index (χ0) is 21.4. The Morgan fingerprint density at radius 2 is 2.23 bits per heavy atom. The van der Waals surface area contributed by atoms with Gasteiger partial charge in [0.25, 0.3) is 0 Å². The third-order valence-electron chi connectivity index (χ3n) is 6.69. The topological polar surface area (TPSA) is 101 Å². The van der Waals surface area contributed by atoms with Crippen LogP contribution in [0.2, 0.25) is 0 Å². The Morgan fingerprint density at radius 1 is 1.32 bits per heavy atom. The molecule has 31 heavy (non-hydrogen) atoms. The average molecular weight is 484 g/mol. The highest BCUT2D eigenvalue weighted by atomic mass is 79.9. The van der Waals surface area contributed by atoms with Crippen LogP contribution in [-0.2, 0) is 0 Å². The van der Waals surface area contributed by atoms with E-state index in [9.17, 15) is 5.11 Å². The highest BCUT2D eigenvalue weighted by Crippen LogP contribution is 2.52. The molecule has 1 aromatic carbocycles. The second-order valence-electron chi connectivity index (χ2n) is 8.61. The Balaban J connectivity index is 1.43. The van der Waals surface area contributed by atoms with Crippen LogP contribution in [0.5, 0.6) is 0 Å². The van der Waals surface area contributed by atoms with E-state index in [0.29, 0.717) is 18.4 Å². The normalized spacial score (nSPS) is 27.4. The average Bonchev–Trinajstić information content (AvgIpc) is 3.11. The highest BCUT2D eigenvalue weighted by molar-refractivity contribution is 9.10. The van der Waals surface area contributed by atoms with Crippen molar-refractivity contribution in [2.45, 2.75) is 37.8 Å². The smallest absolute Gasteiger partial charge is 0.225 e. The number of aliphatic hydroxyl groups is 1. The van der Waals surface area contributed by atoms with Gasteiger partial charge < -0.3 is 15.7 Å². The number of anilines is 2. The number of aliphatic hydroxyl groups excluding tert-OH is 1. The number of nitrogens with zero attached hydrogens (tertiary/aromatic N) is 5. The molecular weight excluding hydrogens is 458 g/mol. The minimum Gasteiger partial charge on any atom is -0.396 e. The Hall–Kier alpha value is -2.52. The fourth-order valence-corrected chi connectivity index (χ4v) is 5.05. The van der Waals surface area contributed by atoms with Crippen LogP contribution in [0.1, 0.15) is 31.7 Å². The molecule has 4 atom stereocenters. The fourth-order valence-electron chi connectivity index (χ4n) is 4.69. The minimum atomic E-state index is -0.156. The first-order valence-electron chi connectivity index (χ1n) is 10.7. The number of hydrogen-bond acceptors (Lipinski definition) is 7. The molecule has 5 rings (SSSR count). The van der Waals surface area contributed by atoms with Crippen molar-refractivity contribution in [3.05, 3.63) is 47.7 Å². The maximum Gasteiger partial charge on any atom is 0.225 e. The van der Waals surface area contributed by atoms with Crippen molar-refractivity contribution in [2.75, 3.05) is 23.8 Å². The molecule has 0 radical (unpaired) electrons. The molecule has 2 aromatic heterocycles. The summed E-state index contributed by atoms with van der Waals surface area (Å²) in [4.78, 5) is 9.55.